The SMILES string of the molecule is Cc1ccc(NC(=O)C[C@@H]2SC(=O)N(CC(=O)Nc3ccc(S(=O)[O-])cc3)C2=O)cc1. The Bertz CT molecular complexity index is 1040. The molecule has 0 aromatic heterocycles. The van der Waals surface area contributed by atoms with Crippen molar-refractivity contribution in [2.75, 3.05) is 17.2 Å². The second kappa shape index (κ2) is 9.86. The van der Waals surface area contributed by atoms with Crippen LogP contribution in [-0.2, 0) is 25.5 Å². The minimum Gasteiger partial charge on any atom is -0.768 e. The van der Waals surface area contributed by atoms with Crippen LogP contribution in [0, 0.1) is 6.92 Å². The van der Waals surface area contributed by atoms with Crippen molar-refractivity contribution in [2.24, 2.45) is 0 Å². The first-order valence-electron chi connectivity index (χ1n) is 9.10. The summed E-state index contributed by atoms with van der Waals surface area (Å²) in [6.07, 6.45) is -0.199. The largest absolute Gasteiger partial charge is 0.768 e. The first-order valence-corrected chi connectivity index (χ1v) is 11.1. The summed E-state index contributed by atoms with van der Waals surface area (Å²) in [7, 11) is 0. The molecule has 3 rings (SSSR count). The van der Waals surface area contributed by atoms with Crippen LogP contribution in [0.1, 0.15) is 12.0 Å². The average molecular weight is 461 g/mol. The van der Waals surface area contributed by atoms with Crippen molar-refractivity contribution in [3.63, 3.8) is 0 Å². The summed E-state index contributed by atoms with van der Waals surface area (Å²) in [5.41, 5.74) is 1.94. The molecule has 2 atom stereocenters. The Hall–Kier alpha value is -3.02. The molecule has 1 unspecified atom stereocenters. The Morgan fingerprint density at radius 3 is 2.13 bits per heavy atom. The molecule has 0 saturated carbocycles. The maximum atomic E-state index is 12.5. The van der Waals surface area contributed by atoms with Gasteiger partial charge in [-0.3, -0.25) is 28.3 Å². The number of benzene rings is 2. The minimum atomic E-state index is -2.38. The number of hydrogen-bond acceptors (Lipinski definition) is 7. The molecule has 0 aliphatic carbocycles. The van der Waals surface area contributed by atoms with Crippen molar-refractivity contribution < 1.29 is 27.9 Å². The highest BCUT2D eigenvalue weighted by Gasteiger charge is 2.41. The lowest BCUT2D eigenvalue weighted by molar-refractivity contribution is -0.131. The molecule has 2 N–H and O–H groups in total. The molecule has 9 nitrogen and oxygen atoms in total. The summed E-state index contributed by atoms with van der Waals surface area (Å²) in [5.74, 6) is -1.64. The Morgan fingerprint density at radius 1 is 1.00 bits per heavy atom. The first kappa shape index (κ1) is 22.7. The van der Waals surface area contributed by atoms with Crippen LogP contribution in [0.3, 0.4) is 0 Å². The topological polar surface area (TPSA) is 136 Å². The zero-order valence-corrected chi connectivity index (χ0v) is 18.0. The van der Waals surface area contributed by atoms with Crippen molar-refractivity contribution in [3.05, 3.63) is 54.1 Å². The van der Waals surface area contributed by atoms with Crippen LogP contribution in [0.4, 0.5) is 16.2 Å². The van der Waals surface area contributed by atoms with E-state index in [1.807, 2.05) is 19.1 Å². The molecular formula is C20H18N3O6S2-. The van der Waals surface area contributed by atoms with E-state index in [0.717, 1.165) is 10.5 Å². The number of carbonyl (C=O) groups is 4. The van der Waals surface area contributed by atoms with E-state index < -0.39 is 45.8 Å². The molecule has 0 radical (unpaired) electrons. The Labute approximate surface area is 184 Å². The molecule has 1 aliphatic heterocycles. The van der Waals surface area contributed by atoms with Gasteiger partial charge in [0.25, 0.3) is 5.24 Å². The number of carbonyl (C=O) groups excluding carboxylic acids is 4. The number of amides is 4. The lowest BCUT2D eigenvalue weighted by Gasteiger charge is -2.14. The van der Waals surface area contributed by atoms with Crippen molar-refractivity contribution in [3.8, 4) is 0 Å². The highest BCUT2D eigenvalue weighted by atomic mass is 32.2. The van der Waals surface area contributed by atoms with E-state index in [1.165, 1.54) is 24.3 Å². The smallest absolute Gasteiger partial charge is 0.289 e. The zero-order valence-electron chi connectivity index (χ0n) is 16.3. The van der Waals surface area contributed by atoms with E-state index in [2.05, 4.69) is 10.6 Å². The number of imide groups is 1. The van der Waals surface area contributed by atoms with Crippen LogP contribution in [0.5, 0.6) is 0 Å². The van der Waals surface area contributed by atoms with E-state index >= 15 is 0 Å². The molecule has 1 saturated heterocycles. The molecule has 1 aliphatic rings. The molecule has 1 fully saturated rings. The molecule has 2 aromatic carbocycles. The average Bonchev–Trinajstić information content (AvgIpc) is 2.97. The summed E-state index contributed by atoms with van der Waals surface area (Å²) in [6.45, 7) is 1.41. The molecular weight excluding hydrogens is 442 g/mol. The predicted molar refractivity (Wildman–Crippen MR) is 115 cm³/mol. The third kappa shape index (κ3) is 6.00. The van der Waals surface area contributed by atoms with E-state index in [0.29, 0.717) is 23.1 Å². The molecule has 4 amide bonds. The van der Waals surface area contributed by atoms with E-state index in [4.69, 9.17) is 0 Å². The van der Waals surface area contributed by atoms with Crippen molar-refractivity contribution in [1.29, 1.82) is 0 Å². The monoisotopic (exact) mass is 460 g/mol. The standard InChI is InChI=1S/C20H19N3O6S2/c1-12-2-4-13(5-3-12)21-17(24)10-16-19(26)23(20(27)30-16)11-18(25)22-14-6-8-15(9-7-14)31(28)29/h2-9,16H,10-11H2,1H3,(H,21,24)(H,22,25)(H,28,29)/p-1/t16-/m0/s1. The molecule has 31 heavy (non-hydrogen) atoms. The molecule has 2 aromatic rings. The summed E-state index contributed by atoms with van der Waals surface area (Å²) in [6, 6.07) is 12.5. The van der Waals surface area contributed by atoms with Crippen LogP contribution >= 0.6 is 11.8 Å². The summed E-state index contributed by atoms with van der Waals surface area (Å²) < 4.78 is 21.7. The third-order valence-electron chi connectivity index (χ3n) is 4.34. The van der Waals surface area contributed by atoms with Crippen molar-refractivity contribution in [2.45, 2.75) is 23.5 Å². The molecule has 0 spiro atoms. The predicted octanol–water partition coefficient (Wildman–Crippen LogP) is 2.26. The van der Waals surface area contributed by atoms with E-state index in [-0.39, 0.29) is 11.3 Å². The summed E-state index contributed by atoms with van der Waals surface area (Å²) in [4.78, 5) is 50.0. The Morgan fingerprint density at radius 2 is 1.55 bits per heavy atom. The highest BCUT2D eigenvalue weighted by Crippen LogP contribution is 2.29. The minimum absolute atomic E-state index is 0.0612. The second-order valence-electron chi connectivity index (χ2n) is 6.72. The number of nitrogens with one attached hydrogen (secondary N) is 2. The number of anilines is 2. The van der Waals surface area contributed by atoms with Gasteiger partial charge in [0.15, 0.2) is 0 Å². The fraction of sp³-hybridized carbons (Fsp3) is 0.200. The van der Waals surface area contributed by atoms with Gasteiger partial charge >= 0.3 is 0 Å². The fourth-order valence-corrected chi connectivity index (χ4v) is 4.13. The highest BCUT2D eigenvalue weighted by molar-refractivity contribution is 8.15. The lowest BCUT2D eigenvalue weighted by Crippen LogP contribution is -2.38. The molecule has 1 heterocycles. The lowest BCUT2D eigenvalue weighted by atomic mass is 10.2. The van der Waals surface area contributed by atoms with Gasteiger partial charge in [-0.1, -0.05) is 29.5 Å². The fourth-order valence-electron chi connectivity index (χ4n) is 2.78. The molecule has 162 valence electrons. The number of rotatable bonds is 7. The summed E-state index contributed by atoms with van der Waals surface area (Å²) >= 11 is -1.68. The van der Waals surface area contributed by atoms with Gasteiger partial charge in [-0.15, -0.1) is 0 Å². The van der Waals surface area contributed by atoms with Gasteiger partial charge in [0.2, 0.25) is 17.7 Å². The van der Waals surface area contributed by atoms with Gasteiger partial charge in [-0.25, -0.2) is 0 Å². The zero-order chi connectivity index (χ0) is 22.5. The second-order valence-corrected chi connectivity index (χ2v) is 8.82. The van der Waals surface area contributed by atoms with Crippen LogP contribution in [-0.4, -0.2) is 48.4 Å². The molecule has 0 bridgehead atoms. The van der Waals surface area contributed by atoms with Crippen LogP contribution in [0.2, 0.25) is 0 Å². The number of thioether (sulfide) groups is 1. The Kier molecular flexibility index (Phi) is 7.21. The van der Waals surface area contributed by atoms with Crippen molar-refractivity contribution in [1.82, 2.24) is 4.90 Å². The van der Waals surface area contributed by atoms with Gasteiger partial charge in [-0.2, -0.15) is 0 Å². The van der Waals surface area contributed by atoms with Crippen LogP contribution in [0.15, 0.2) is 53.4 Å². The van der Waals surface area contributed by atoms with E-state index in [9.17, 15) is 27.9 Å². The number of hydrogen-bond donors (Lipinski definition) is 2. The Balaban J connectivity index is 1.54. The van der Waals surface area contributed by atoms with Gasteiger partial charge in [-0.05, 0) is 54.4 Å². The number of nitrogens with zero attached hydrogens (tertiary/aromatic N) is 1. The molecule has 11 heteroatoms. The summed E-state index contributed by atoms with van der Waals surface area (Å²) in [5, 5.41) is 3.66. The number of aryl methyl sites for hydroxylation is 1. The normalized spacial score (nSPS) is 16.8. The maximum absolute atomic E-state index is 12.5. The van der Waals surface area contributed by atoms with E-state index in [1.54, 1.807) is 12.1 Å². The van der Waals surface area contributed by atoms with Crippen LogP contribution < -0.4 is 10.6 Å². The maximum Gasteiger partial charge on any atom is 0.289 e. The van der Waals surface area contributed by atoms with Gasteiger partial charge in [0.05, 0.1) is 0 Å². The van der Waals surface area contributed by atoms with Gasteiger partial charge < -0.3 is 15.2 Å². The van der Waals surface area contributed by atoms with Crippen molar-refractivity contribution >= 4 is 57.2 Å². The first-order chi connectivity index (χ1) is 14.7. The third-order valence-corrected chi connectivity index (χ3v) is 6.08. The quantitative estimate of drug-likeness (QED) is 0.605. The van der Waals surface area contributed by atoms with Crippen LogP contribution in [0.25, 0.3) is 0 Å². The van der Waals surface area contributed by atoms with Gasteiger partial charge in [0.1, 0.15) is 11.8 Å². The van der Waals surface area contributed by atoms with Gasteiger partial charge in [0, 0.05) is 22.7 Å².